The number of nitrogens with zero attached hydrogens (tertiary/aromatic N) is 1. The minimum Gasteiger partial charge on any atom is -0.312 e. The first kappa shape index (κ1) is 14.3. The monoisotopic (exact) mass is 248 g/mol. The van der Waals surface area contributed by atoms with Gasteiger partial charge in [-0.15, -0.1) is 0 Å². The Kier molecular flexibility index (Phi) is 5.26. The Morgan fingerprint density at radius 3 is 2.53 bits per heavy atom. The van der Waals surface area contributed by atoms with Gasteiger partial charge < -0.3 is 5.32 Å². The summed E-state index contributed by atoms with van der Waals surface area (Å²) >= 11 is 0. The van der Waals surface area contributed by atoms with Crippen LogP contribution in [-0.4, -0.2) is 18.8 Å². The van der Waals surface area contributed by atoms with Crippen LogP contribution in [0.5, 0.6) is 0 Å². The van der Waals surface area contributed by atoms with Crippen molar-refractivity contribution in [1.82, 2.24) is 5.32 Å². The van der Waals surface area contributed by atoms with E-state index >= 15 is 0 Å². The highest BCUT2D eigenvalue weighted by Crippen LogP contribution is 2.29. The molecule has 3 unspecified atom stereocenters. The van der Waals surface area contributed by atoms with Crippen molar-refractivity contribution in [2.24, 2.45) is 11.8 Å². The molecule has 98 valence electrons. The molecule has 1 rings (SSSR count). The number of nitrogens with one attached hydrogen (secondary N) is 1. The SMILES string of the molecule is CCC1CCCCC1NCC(C#N)C(F)(F)F. The molecule has 0 radical (unpaired) electrons. The van der Waals surface area contributed by atoms with Crippen molar-refractivity contribution >= 4 is 0 Å². The first-order chi connectivity index (χ1) is 7.99. The normalized spacial score (nSPS) is 27.5. The summed E-state index contributed by atoms with van der Waals surface area (Å²) < 4.78 is 37.2. The molecule has 0 heterocycles. The Morgan fingerprint density at radius 2 is 2.00 bits per heavy atom. The summed E-state index contributed by atoms with van der Waals surface area (Å²) in [5, 5.41) is 11.4. The number of nitriles is 1. The summed E-state index contributed by atoms with van der Waals surface area (Å²) in [6.45, 7) is 1.79. The Hall–Kier alpha value is -0.760. The zero-order valence-electron chi connectivity index (χ0n) is 10.1. The molecular weight excluding hydrogens is 229 g/mol. The molecular formula is C12H19F3N2. The number of halogens is 3. The van der Waals surface area contributed by atoms with Crippen LogP contribution in [0.1, 0.15) is 39.0 Å². The lowest BCUT2D eigenvalue weighted by Crippen LogP contribution is -2.43. The van der Waals surface area contributed by atoms with E-state index in [1.807, 2.05) is 0 Å². The largest absolute Gasteiger partial charge is 0.405 e. The third-order valence-corrected chi connectivity index (χ3v) is 3.57. The Balaban J connectivity index is 2.45. The van der Waals surface area contributed by atoms with Gasteiger partial charge in [0.1, 0.15) is 0 Å². The smallest absolute Gasteiger partial charge is 0.312 e. The standard InChI is InChI=1S/C12H19F3N2/c1-2-9-5-3-4-6-11(9)17-8-10(7-16)12(13,14)15/h9-11,17H,2-6,8H2,1H3. The number of hydrogen-bond donors (Lipinski definition) is 1. The summed E-state index contributed by atoms with van der Waals surface area (Å²) in [5.41, 5.74) is 0. The average Bonchev–Trinajstić information content (AvgIpc) is 2.28. The van der Waals surface area contributed by atoms with Gasteiger partial charge in [0.25, 0.3) is 0 Å². The van der Waals surface area contributed by atoms with Gasteiger partial charge in [-0.2, -0.15) is 18.4 Å². The van der Waals surface area contributed by atoms with Gasteiger partial charge in [0.15, 0.2) is 5.92 Å². The van der Waals surface area contributed by atoms with Crippen LogP contribution in [0.25, 0.3) is 0 Å². The third kappa shape index (κ3) is 4.19. The van der Waals surface area contributed by atoms with Gasteiger partial charge in [-0.25, -0.2) is 0 Å². The van der Waals surface area contributed by atoms with E-state index in [4.69, 9.17) is 5.26 Å². The molecule has 0 aromatic heterocycles. The maximum absolute atomic E-state index is 12.4. The molecule has 1 fully saturated rings. The Bertz CT molecular complexity index is 270. The second kappa shape index (κ2) is 6.25. The molecule has 0 aliphatic heterocycles. The maximum atomic E-state index is 12.4. The molecule has 5 heteroatoms. The predicted molar refractivity (Wildman–Crippen MR) is 59.2 cm³/mol. The average molecular weight is 248 g/mol. The molecule has 0 saturated heterocycles. The van der Waals surface area contributed by atoms with Gasteiger partial charge in [-0.3, -0.25) is 0 Å². The number of alkyl halides is 3. The minimum absolute atomic E-state index is 0.145. The van der Waals surface area contributed by atoms with Crippen LogP contribution in [0.3, 0.4) is 0 Å². The fraction of sp³-hybridized carbons (Fsp3) is 0.917. The van der Waals surface area contributed by atoms with Crippen molar-refractivity contribution in [3.63, 3.8) is 0 Å². The predicted octanol–water partition coefficient (Wildman–Crippen LogP) is 3.25. The third-order valence-electron chi connectivity index (χ3n) is 3.57. The quantitative estimate of drug-likeness (QED) is 0.829. The summed E-state index contributed by atoms with van der Waals surface area (Å²) in [5.74, 6) is -1.43. The molecule has 1 N–H and O–H groups in total. The molecule has 17 heavy (non-hydrogen) atoms. The van der Waals surface area contributed by atoms with Crippen LogP contribution in [0.2, 0.25) is 0 Å². The van der Waals surface area contributed by atoms with E-state index in [0.29, 0.717) is 5.92 Å². The first-order valence-electron chi connectivity index (χ1n) is 6.18. The van der Waals surface area contributed by atoms with Gasteiger partial charge in [-0.1, -0.05) is 26.2 Å². The molecule has 3 atom stereocenters. The molecule has 2 nitrogen and oxygen atoms in total. The summed E-state index contributed by atoms with van der Waals surface area (Å²) in [6.07, 6.45) is 0.806. The highest BCUT2D eigenvalue weighted by atomic mass is 19.4. The Morgan fingerprint density at radius 1 is 1.35 bits per heavy atom. The maximum Gasteiger partial charge on any atom is 0.405 e. The lowest BCUT2D eigenvalue weighted by Gasteiger charge is -2.32. The van der Waals surface area contributed by atoms with Gasteiger partial charge in [0.2, 0.25) is 0 Å². The summed E-state index contributed by atoms with van der Waals surface area (Å²) in [4.78, 5) is 0. The minimum atomic E-state index is -4.42. The van der Waals surface area contributed by atoms with E-state index in [2.05, 4.69) is 12.2 Å². The molecule has 0 aromatic rings. The molecule has 0 bridgehead atoms. The van der Waals surface area contributed by atoms with Crippen molar-refractivity contribution in [3.05, 3.63) is 0 Å². The lowest BCUT2D eigenvalue weighted by atomic mass is 9.82. The van der Waals surface area contributed by atoms with Crippen LogP contribution >= 0.6 is 0 Å². The van der Waals surface area contributed by atoms with Crippen molar-refractivity contribution in [3.8, 4) is 6.07 Å². The topological polar surface area (TPSA) is 35.8 Å². The fourth-order valence-corrected chi connectivity index (χ4v) is 2.47. The highest BCUT2D eigenvalue weighted by Gasteiger charge is 2.40. The number of hydrogen-bond acceptors (Lipinski definition) is 2. The van der Waals surface area contributed by atoms with Crippen molar-refractivity contribution in [1.29, 1.82) is 5.26 Å². The molecule has 0 spiro atoms. The van der Waals surface area contributed by atoms with Crippen molar-refractivity contribution in [2.45, 2.75) is 51.2 Å². The van der Waals surface area contributed by atoms with Gasteiger partial charge in [0.05, 0.1) is 6.07 Å². The molecule has 1 saturated carbocycles. The molecule has 1 aliphatic rings. The van der Waals surface area contributed by atoms with Crippen LogP contribution in [0, 0.1) is 23.2 Å². The van der Waals surface area contributed by atoms with E-state index < -0.39 is 12.1 Å². The highest BCUT2D eigenvalue weighted by molar-refractivity contribution is 4.91. The molecule has 1 aliphatic carbocycles. The van der Waals surface area contributed by atoms with E-state index in [-0.39, 0.29) is 12.6 Å². The van der Waals surface area contributed by atoms with Crippen molar-refractivity contribution in [2.75, 3.05) is 6.54 Å². The number of rotatable bonds is 4. The molecule has 0 amide bonds. The van der Waals surface area contributed by atoms with Gasteiger partial charge in [0, 0.05) is 12.6 Å². The fourth-order valence-electron chi connectivity index (χ4n) is 2.47. The first-order valence-corrected chi connectivity index (χ1v) is 6.18. The van der Waals surface area contributed by atoms with Crippen LogP contribution in [0.4, 0.5) is 13.2 Å². The lowest BCUT2D eigenvalue weighted by molar-refractivity contribution is -0.158. The van der Waals surface area contributed by atoms with E-state index in [0.717, 1.165) is 32.1 Å². The van der Waals surface area contributed by atoms with Crippen LogP contribution < -0.4 is 5.32 Å². The van der Waals surface area contributed by atoms with E-state index in [1.165, 1.54) is 6.07 Å². The van der Waals surface area contributed by atoms with E-state index in [9.17, 15) is 13.2 Å². The second-order valence-corrected chi connectivity index (χ2v) is 4.69. The molecule has 0 aromatic carbocycles. The second-order valence-electron chi connectivity index (χ2n) is 4.69. The van der Waals surface area contributed by atoms with Gasteiger partial charge in [-0.05, 0) is 18.8 Å². The zero-order chi connectivity index (χ0) is 12.9. The zero-order valence-corrected chi connectivity index (χ0v) is 10.1. The Labute approximate surface area is 100 Å². The van der Waals surface area contributed by atoms with E-state index in [1.54, 1.807) is 0 Å². The van der Waals surface area contributed by atoms with Crippen LogP contribution in [0.15, 0.2) is 0 Å². The van der Waals surface area contributed by atoms with Gasteiger partial charge >= 0.3 is 6.18 Å². The summed E-state index contributed by atoms with van der Waals surface area (Å²) in [7, 11) is 0. The van der Waals surface area contributed by atoms with Crippen molar-refractivity contribution < 1.29 is 13.2 Å². The summed E-state index contributed by atoms with van der Waals surface area (Å²) in [6, 6.07) is 1.47. The van der Waals surface area contributed by atoms with Crippen LogP contribution in [-0.2, 0) is 0 Å².